The molecule has 6 nitrogen and oxygen atoms in total. The Labute approximate surface area is 143 Å². The minimum atomic E-state index is -0.673. The third-order valence-electron chi connectivity index (χ3n) is 5.07. The molecule has 2 aliphatic rings. The Kier molecular flexibility index (Phi) is 5.92. The van der Waals surface area contributed by atoms with E-state index >= 15 is 0 Å². The number of carbonyl (C=O) groups is 1. The van der Waals surface area contributed by atoms with Crippen molar-refractivity contribution in [2.24, 2.45) is 0 Å². The number of ether oxygens (including phenoxy) is 1. The van der Waals surface area contributed by atoms with Gasteiger partial charge < -0.3 is 24.1 Å². The van der Waals surface area contributed by atoms with Crippen LogP contribution in [0.15, 0.2) is 22.8 Å². The third kappa shape index (κ3) is 4.18. The molecular weight excluding hydrogens is 308 g/mol. The average Bonchev–Trinajstić information content (AvgIpc) is 3.02. The highest BCUT2D eigenvalue weighted by Crippen LogP contribution is 2.27. The number of hydrogen-bond acceptors (Lipinski definition) is 5. The maximum atomic E-state index is 13.0. The maximum absolute atomic E-state index is 13.0. The summed E-state index contributed by atoms with van der Waals surface area (Å²) in [6.45, 7) is 2.85. The molecule has 0 aliphatic carbocycles. The van der Waals surface area contributed by atoms with Crippen molar-refractivity contribution in [3.63, 3.8) is 0 Å². The molecule has 2 saturated heterocycles. The van der Waals surface area contributed by atoms with E-state index in [2.05, 4.69) is 4.90 Å². The Morgan fingerprint density at radius 3 is 3.00 bits per heavy atom. The molecule has 1 aromatic rings. The first-order valence-corrected chi connectivity index (χ1v) is 8.97. The van der Waals surface area contributed by atoms with Gasteiger partial charge in [-0.3, -0.25) is 4.79 Å². The van der Waals surface area contributed by atoms with Crippen LogP contribution in [0.3, 0.4) is 0 Å². The highest BCUT2D eigenvalue weighted by Gasteiger charge is 2.34. The first-order valence-electron chi connectivity index (χ1n) is 8.97. The molecule has 0 aromatic carbocycles. The van der Waals surface area contributed by atoms with E-state index < -0.39 is 6.10 Å². The van der Waals surface area contributed by atoms with Crippen LogP contribution in [0.4, 0.5) is 0 Å². The zero-order valence-corrected chi connectivity index (χ0v) is 14.4. The monoisotopic (exact) mass is 336 g/mol. The lowest BCUT2D eigenvalue weighted by Crippen LogP contribution is -2.52. The van der Waals surface area contributed by atoms with Crippen molar-refractivity contribution in [3.05, 3.63) is 24.2 Å². The molecule has 1 N–H and O–H groups in total. The van der Waals surface area contributed by atoms with Gasteiger partial charge in [-0.2, -0.15) is 0 Å². The molecule has 0 bridgehead atoms. The van der Waals surface area contributed by atoms with E-state index in [1.54, 1.807) is 18.4 Å². The van der Waals surface area contributed by atoms with Gasteiger partial charge in [0.25, 0.3) is 5.91 Å². The summed E-state index contributed by atoms with van der Waals surface area (Å²) in [5, 5.41) is 10.4. The Hall–Kier alpha value is -1.37. The normalized spacial score (nSPS) is 27.7. The van der Waals surface area contributed by atoms with Crippen LogP contribution < -0.4 is 0 Å². The van der Waals surface area contributed by atoms with E-state index in [1.807, 2.05) is 11.9 Å². The highest BCUT2D eigenvalue weighted by molar-refractivity contribution is 5.81. The third-order valence-corrected chi connectivity index (χ3v) is 5.07. The van der Waals surface area contributed by atoms with Crippen LogP contribution in [0, 0.1) is 0 Å². The minimum absolute atomic E-state index is 0.0379. The molecule has 134 valence electrons. The van der Waals surface area contributed by atoms with Crippen LogP contribution in [-0.4, -0.2) is 66.2 Å². The van der Waals surface area contributed by atoms with Crippen molar-refractivity contribution in [2.45, 2.75) is 50.4 Å². The molecule has 0 spiro atoms. The second-order valence-corrected chi connectivity index (χ2v) is 6.92. The summed E-state index contributed by atoms with van der Waals surface area (Å²) < 4.78 is 11.0. The van der Waals surface area contributed by atoms with Gasteiger partial charge in [-0.1, -0.05) is 12.8 Å². The average molecular weight is 336 g/mol. The van der Waals surface area contributed by atoms with Gasteiger partial charge >= 0.3 is 0 Å². The second-order valence-electron chi connectivity index (χ2n) is 6.92. The maximum Gasteiger partial charge on any atom is 0.253 e. The number of rotatable bonds is 4. The molecule has 6 heteroatoms. The fraction of sp³-hybridized carbons (Fsp3) is 0.722. The Balaban J connectivity index is 1.68. The Morgan fingerprint density at radius 1 is 1.38 bits per heavy atom. The molecule has 1 aromatic heterocycles. The molecular formula is C18H28N2O4. The molecule has 3 rings (SSSR count). The zero-order chi connectivity index (χ0) is 16.9. The highest BCUT2D eigenvalue weighted by atomic mass is 16.5. The first-order chi connectivity index (χ1) is 11.6. The number of likely N-dealkylation sites (tertiary alicyclic amines) is 1. The van der Waals surface area contributed by atoms with Gasteiger partial charge in [0, 0.05) is 32.1 Å². The summed E-state index contributed by atoms with van der Waals surface area (Å²) in [6, 6.07) is 3.60. The SMILES string of the molecule is CN1CCO[C@H](C(=O)N2CCCCC[C@@H]2C[C@H](O)c2ccco2)C1. The van der Waals surface area contributed by atoms with Crippen molar-refractivity contribution in [1.29, 1.82) is 0 Å². The van der Waals surface area contributed by atoms with Crippen LogP contribution in [0.5, 0.6) is 0 Å². The Morgan fingerprint density at radius 2 is 2.25 bits per heavy atom. The quantitative estimate of drug-likeness (QED) is 0.908. The Bertz CT molecular complexity index is 519. The van der Waals surface area contributed by atoms with E-state index in [0.717, 1.165) is 38.8 Å². The first kappa shape index (κ1) is 17.5. The number of hydrogen-bond donors (Lipinski definition) is 1. The number of amides is 1. The van der Waals surface area contributed by atoms with E-state index in [1.165, 1.54) is 0 Å². The van der Waals surface area contributed by atoms with E-state index in [-0.39, 0.29) is 18.1 Å². The van der Waals surface area contributed by atoms with Crippen LogP contribution in [0.1, 0.15) is 44.0 Å². The van der Waals surface area contributed by atoms with Crippen LogP contribution >= 0.6 is 0 Å². The zero-order valence-electron chi connectivity index (χ0n) is 14.4. The molecule has 3 heterocycles. The number of likely N-dealkylation sites (N-methyl/N-ethyl adjacent to an activating group) is 1. The number of aliphatic hydroxyl groups excluding tert-OH is 1. The van der Waals surface area contributed by atoms with Gasteiger partial charge in [-0.25, -0.2) is 0 Å². The molecule has 3 atom stereocenters. The number of nitrogens with zero attached hydrogens (tertiary/aromatic N) is 2. The van der Waals surface area contributed by atoms with Crippen molar-refractivity contribution in [3.8, 4) is 0 Å². The van der Waals surface area contributed by atoms with Crippen LogP contribution in [0.25, 0.3) is 0 Å². The summed E-state index contributed by atoms with van der Waals surface area (Å²) in [5.41, 5.74) is 0. The molecule has 0 saturated carbocycles. The minimum Gasteiger partial charge on any atom is -0.467 e. The summed E-state index contributed by atoms with van der Waals surface area (Å²) >= 11 is 0. The fourth-order valence-corrected chi connectivity index (χ4v) is 3.68. The van der Waals surface area contributed by atoms with Crippen molar-refractivity contribution >= 4 is 5.91 Å². The summed E-state index contributed by atoms with van der Waals surface area (Å²) in [5.74, 6) is 0.639. The lowest BCUT2D eigenvalue weighted by atomic mass is 10.0. The molecule has 1 amide bonds. The van der Waals surface area contributed by atoms with Gasteiger partial charge in [0.05, 0.1) is 12.9 Å². The van der Waals surface area contributed by atoms with E-state index in [0.29, 0.717) is 25.3 Å². The van der Waals surface area contributed by atoms with Crippen LogP contribution in [0.2, 0.25) is 0 Å². The van der Waals surface area contributed by atoms with Gasteiger partial charge in [0.2, 0.25) is 0 Å². The molecule has 2 fully saturated rings. The molecule has 0 unspecified atom stereocenters. The van der Waals surface area contributed by atoms with Crippen LogP contribution in [-0.2, 0) is 9.53 Å². The van der Waals surface area contributed by atoms with E-state index in [4.69, 9.17) is 9.15 Å². The largest absolute Gasteiger partial charge is 0.467 e. The van der Waals surface area contributed by atoms with Crippen molar-refractivity contribution < 1.29 is 19.1 Å². The summed E-state index contributed by atoms with van der Waals surface area (Å²) in [4.78, 5) is 17.1. The number of furan rings is 1. The van der Waals surface area contributed by atoms with E-state index in [9.17, 15) is 9.90 Å². The van der Waals surface area contributed by atoms with Gasteiger partial charge in [-0.05, 0) is 32.0 Å². The molecule has 24 heavy (non-hydrogen) atoms. The lowest BCUT2D eigenvalue weighted by molar-refractivity contribution is -0.151. The topological polar surface area (TPSA) is 66.2 Å². The summed E-state index contributed by atoms with van der Waals surface area (Å²) in [6.07, 6.45) is 5.18. The standard InChI is InChI=1S/C18H28N2O4/c1-19-9-11-24-17(13-19)18(22)20-8-4-2-3-6-14(20)12-15(21)16-7-5-10-23-16/h5,7,10,14-15,17,21H,2-4,6,8-9,11-13H2,1H3/t14-,15+,17+/m1/s1. The number of aliphatic hydroxyl groups is 1. The van der Waals surface area contributed by atoms with Gasteiger partial charge in [0.1, 0.15) is 18.0 Å². The molecule has 2 aliphatic heterocycles. The molecule has 0 radical (unpaired) electrons. The predicted octanol–water partition coefficient (Wildman–Crippen LogP) is 1.80. The number of carbonyl (C=O) groups excluding carboxylic acids is 1. The lowest BCUT2D eigenvalue weighted by Gasteiger charge is -2.37. The van der Waals surface area contributed by atoms with Crippen molar-refractivity contribution in [2.75, 3.05) is 33.3 Å². The van der Waals surface area contributed by atoms with Gasteiger partial charge in [0.15, 0.2) is 0 Å². The fourth-order valence-electron chi connectivity index (χ4n) is 3.68. The smallest absolute Gasteiger partial charge is 0.253 e. The summed E-state index contributed by atoms with van der Waals surface area (Å²) in [7, 11) is 2.02. The second kappa shape index (κ2) is 8.14. The van der Waals surface area contributed by atoms with Crippen molar-refractivity contribution in [1.82, 2.24) is 9.80 Å². The number of morpholine rings is 1. The predicted molar refractivity (Wildman–Crippen MR) is 89.5 cm³/mol. The van der Waals surface area contributed by atoms with Gasteiger partial charge in [-0.15, -0.1) is 0 Å².